The fraction of sp³-hybridized carbons (Fsp3) is 0.200. The molecule has 0 radical (unpaired) electrons. The third kappa shape index (κ3) is 5.12. The summed E-state index contributed by atoms with van der Waals surface area (Å²) in [5, 5.41) is 4.18. The number of hydrogen-bond donors (Lipinski definition) is 1. The van der Waals surface area contributed by atoms with Crippen LogP contribution in [-0.4, -0.2) is 53.3 Å². The number of nitrogens with one attached hydrogen (secondary N) is 1. The first-order valence-corrected chi connectivity index (χ1v) is 12.7. The molecule has 190 valence electrons. The molecule has 0 amide bonds. The molecule has 8 nitrogen and oxygen atoms in total. The minimum atomic E-state index is 0.483. The highest BCUT2D eigenvalue weighted by atomic mass is 16.5. The maximum atomic E-state index is 6.08. The predicted molar refractivity (Wildman–Crippen MR) is 149 cm³/mol. The molecule has 0 atom stereocenters. The molecule has 5 aromatic rings. The first-order chi connectivity index (χ1) is 18.8. The Morgan fingerprint density at radius 3 is 2.53 bits per heavy atom. The number of fused-ring (bicyclic) bond motifs is 1. The summed E-state index contributed by atoms with van der Waals surface area (Å²) in [4.78, 5) is 20.5. The van der Waals surface area contributed by atoms with Gasteiger partial charge in [0.1, 0.15) is 24.0 Å². The van der Waals surface area contributed by atoms with Gasteiger partial charge in [-0.05, 0) is 65.2 Å². The van der Waals surface area contributed by atoms with Crippen LogP contribution < -0.4 is 15.0 Å². The average Bonchev–Trinajstić information content (AvgIpc) is 3.00. The second-order valence-corrected chi connectivity index (χ2v) is 9.05. The minimum absolute atomic E-state index is 0.483. The Morgan fingerprint density at radius 1 is 0.895 bits per heavy atom. The van der Waals surface area contributed by atoms with Gasteiger partial charge in [0.25, 0.3) is 0 Å². The summed E-state index contributed by atoms with van der Waals surface area (Å²) in [5.41, 5.74) is 5.03. The Bertz CT molecular complexity index is 1540. The summed E-state index contributed by atoms with van der Waals surface area (Å²) >= 11 is 0. The smallest absolute Gasteiger partial charge is 0.163 e. The number of aromatic nitrogens is 4. The molecule has 1 N–H and O–H groups in total. The molecule has 6 rings (SSSR count). The largest absolute Gasteiger partial charge is 0.489 e. The van der Waals surface area contributed by atoms with Crippen LogP contribution in [0.15, 0.2) is 85.3 Å². The molecule has 1 aliphatic heterocycles. The van der Waals surface area contributed by atoms with Crippen LogP contribution in [0.3, 0.4) is 0 Å². The number of pyridine rings is 2. The van der Waals surface area contributed by atoms with Gasteiger partial charge in [0.05, 0.1) is 18.7 Å². The number of rotatable bonds is 7. The highest BCUT2D eigenvalue weighted by molar-refractivity contribution is 5.93. The molecular weight excluding hydrogens is 476 g/mol. The molecule has 38 heavy (non-hydrogen) atoms. The van der Waals surface area contributed by atoms with Crippen LogP contribution in [0.25, 0.3) is 33.4 Å². The van der Waals surface area contributed by atoms with Gasteiger partial charge in [0.15, 0.2) is 5.82 Å². The maximum absolute atomic E-state index is 6.08. The van der Waals surface area contributed by atoms with E-state index in [-0.39, 0.29) is 0 Å². The second-order valence-electron chi connectivity index (χ2n) is 9.05. The predicted octanol–water partition coefficient (Wildman–Crippen LogP) is 5.21. The van der Waals surface area contributed by atoms with E-state index in [9.17, 15) is 0 Å². The van der Waals surface area contributed by atoms with Crippen LogP contribution in [0.2, 0.25) is 0 Å². The van der Waals surface area contributed by atoms with Crippen molar-refractivity contribution in [3.63, 3.8) is 0 Å². The van der Waals surface area contributed by atoms with E-state index in [1.54, 1.807) is 12.4 Å². The lowest BCUT2D eigenvalue weighted by Gasteiger charge is -2.28. The lowest BCUT2D eigenvalue weighted by molar-refractivity contribution is 0.122. The molecular formula is C30H28N6O2. The lowest BCUT2D eigenvalue weighted by atomic mass is 10.0. The number of ether oxygens (including phenoxy) is 2. The van der Waals surface area contributed by atoms with Gasteiger partial charge in [-0.3, -0.25) is 4.98 Å². The first-order valence-electron chi connectivity index (χ1n) is 12.7. The van der Waals surface area contributed by atoms with Crippen molar-refractivity contribution in [3.05, 3.63) is 90.9 Å². The molecule has 1 fully saturated rings. The Morgan fingerprint density at radius 2 is 1.74 bits per heavy atom. The van der Waals surface area contributed by atoms with Crippen LogP contribution in [0.1, 0.15) is 5.56 Å². The molecule has 4 heterocycles. The van der Waals surface area contributed by atoms with E-state index in [0.717, 1.165) is 76.8 Å². The zero-order valence-electron chi connectivity index (χ0n) is 21.2. The van der Waals surface area contributed by atoms with Crippen LogP contribution in [0, 0.1) is 0 Å². The number of benzene rings is 2. The summed E-state index contributed by atoms with van der Waals surface area (Å²) in [7, 11) is 1.88. The van der Waals surface area contributed by atoms with Gasteiger partial charge in [-0.15, -0.1) is 0 Å². The van der Waals surface area contributed by atoms with E-state index in [1.807, 2.05) is 49.6 Å². The van der Waals surface area contributed by atoms with E-state index in [4.69, 9.17) is 19.4 Å². The summed E-state index contributed by atoms with van der Waals surface area (Å²) in [6, 6.07) is 22.3. The molecule has 1 aliphatic rings. The molecule has 1 saturated heterocycles. The van der Waals surface area contributed by atoms with Crippen molar-refractivity contribution < 1.29 is 9.47 Å². The second kappa shape index (κ2) is 10.8. The lowest BCUT2D eigenvalue weighted by Crippen LogP contribution is -2.36. The van der Waals surface area contributed by atoms with E-state index in [2.05, 4.69) is 50.5 Å². The number of nitrogens with zero attached hydrogens (tertiary/aromatic N) is 5. The van der Waals surface area contributed by atoms with Crippen molar-refractivity contribution in [1.29, 1.82) is 0 Å². The molecule has 0 saturated carbocycles. The van der Waals surface area contributed by atoms with Crippen molar-refractivity contribution in [2.24, 2.45) is 0 Å². The summed E-state index contributed by atoms with van der Waals surface area (Å²) in [6.07, 6.45) is 5.36. The molecule has 3 aromatic heterocycles. The third-order valence-electron chi connectivity index (χ3n) is 6.59. The summed E-state index contributed by atoms with van der Waals surface area (Å²) in [6.45, 7) is 3.68. The van der Waals surface area contributed by atoms with Gasteiger partial charge >= 0.3 is 0 Å². The molecule has 0 unspecified atom stereocenters. The van der Waals surface area contributed by atoms with E-state index < -0.39 is 0 Å². The number of anilines is 2. The highest BCUT2D eigenvalue weighted by Crippen LogP contribution is 2.30. The minimum Gasteiger partial charge on any atom is -0.489 e. The number of morpholine rings is 1. The van der Waals surface area contributed by atoms with Crippen molar-refractivity contribution in [1.82, 2.24) is 19.9 Å². The van der Waals surface area contributed by atoms with Crippen LogP contribution in [0.4, 0.5) is 11.6 Å². The van der Waals surface area contributed by atoms with Crippen molar-refractivity contribution >= 4 is 22.5 Å². The van der Waals surface area contributed by atoms with Gasteiger partial charge < -0.3 is 19.7 Å². The zero-order valence-corrected chi connectivity index (χ0v) is 21.2. The molecule has 0 spiro atoms. The zero-order chi connectivity index (χ0) is 25.7. The van der Waals surface area contributed by atoms with Crippen molar-refractivity contribution in [2.75, 3.05) is 43.6 Å². The van der Waals surface area contributed by atoms with Crippen molar-refractivity contribution in [3.8, 4) is 28.3 Å². The van der Waals surface area contributed by atoms with Crippen LogP contribution in [0.5, 0.6) is 5.75 Å². The Balaban J connectivity index is 1.18. The van der Waals surface area contributed by atoms with Gasteiger partial charge in [-0.25, -0.2) is 15.0 Å². The Labute approximate surface area is 221 Å². The van der Waals surface area contributed by atoms with Crippen LogP contribution in [-0.2, 0) is 11.3 Å². The molecule has 8 heteroatoms. The Kier molecular flexibility index (Phi) is 6.78. The standard InChI is InChI=1S/C30H28N6O2/c1-31-30-26-18-23(6-9-27(26)34-29(35-30)24-3-2-11-32-19-24)22-4-7-25(8-5-22)38-20-21-10-12-33-28(17-21)36-13-15-37-16-14-36/h2-12,17-19H,13-16,20H2,1H3,(H,31,34,35). The number of hydrogen-bond acceptors (Lipinski definition) is 8. The molecule has 0 bridgehead atoms. The Hall–Kier alpha value is -4.56. The molecule has 2 aromatic carbocycles. The summed E-state index contributed by atoms with van der Waals surface area (Å²) < 4.78 is 11.5. The third-order valence-corrected chi connectivity index (χ3v) is 6.59. The normalized spacial score (nSPS) is 13.4. The average molecular weight is 505 g/mol. The van der Waals surface area contributed by atoms with Crippen molar-refractivity contribution in [2.45, 2.75) is 6.61 Å². The van der Waals surface area contributed by atoms with Gasteiger partial charge in [-0.1, -0.05) is 18.2 Å². The van der Waals surface area contributed by atoms with E-state index in [1.165, 1.54) is 0 Å². The van der Waals surface area contributed by atoms with Gasteiger partial charge in [0.2, 0.25) is 0 Å². The SMILES string of the molecule is CNc1nc(-c2cccnc2)nc2ccc(-c3ccc(OCc4ccnc(N5CCOCC5)c4)cc3)cc12. The van der Waals surface area contributed by atoms with Gasteiger partial charge in [-0.2, -0.15) is 0 Å². The van der Waals surface area contributed by atoms with E-state index in [0.29, 0.717) is 12.4 Å². The van der Waals surface area contributed by atoms with E-state index >= 15 is 0 Å². The fourth-order valence-electron chi connectivity index (χ4n) is 4.55. The molecule has 0 aliphatic carbocycles. The fourth-order valence-corrected chi connectivity index (χ4v) is 4.55. The highest BCUT2D eigenvalue weighted by Gasteiger charge is 2.13. The summed E-state index contributed by atoms with van der Waals surface area (Å²) in [5.74, 6) is 3.22. The topological polar surface area (TPSA) is 85.3 Å². The van der Waals surface area contributed by atoms with Crippen LogP contribution >= 0.6 is 0 Å². The first kappa shape index (κ1) is 23.8. The monoisotopic (exact) mass is 504 g/mol. The quantitative estimate of drug-likeness (QED) is 0.323. The maximum Gasteiger partial charge on any atom is 0.163 e. The van der Waals surface area contributed by atoms with Gasteiger partial charge in [0, 0.05) is 49.7 Å².